The Balaban J connectivity index is 2.41. The molecule has 0 saturated heterocycles. The summed E-state index contributed by atoms with van der Waals surface area (Å²) < 4.78 is 0. The van der Waals surface area contributed by atoms with Crippen molar-refractivity contribution in [1.29, 1.82) is 0 Å². The Bertz CT molecular complexity index is 581. The lowest BCUT2D eigenvalue weighted by molar-refractivity contribution is 0.828. The van der Waals surface area contributed by atoms with Crippen LogP contribution in [-0.2, 0) is 12.8 Å². The van der Waals surface area contributed by atoms with E-state index in [0.717, 1.165) is 17.8 Å². The number of hydrogen-bond donors (Lipinski definition) is 1. The number of rotatable bonds is 4. The highest BCUT2D eigenvalue weighted by Gasteiger charge is 2.11. The number of thioether (sulfide) groups is 1. The second-order valence-corrected chi connectivity index (χ2v) is 4.65. The summed E-state index contributed by atoms with van der Waals surface area (Å²) in [4.78, 5) is 23.5. The molecule has 0 radical (unpaired) electrons. The highest BCUT2D eigenvalue weighted by atomic mass is 32.2. The average molecular weight is 261 g/mol. The van der Waals surface area contributed by atoms with E-state index in [2.05, 4.69) is 15.0 Å². The molecule has 2 aromatic heterocycles. The van der Waals surface area contributed by atoms with E-state index in [9.17, 15) is 4.79 Å². The summed E-state index contributed by atoms with van der Waals surface area (Å²) in [6.45, 7) is 2.01. The van der Waals surface area contributed by atoms with Crippen molar-refractivity contribution in [3.63, 3.8) is 0 Å². The van der Waals surface area contributed by atoms with Crippen molar-refractivity contribution in [2.24, 2.45) is 0 Å². The largest absolute Gasteiger partial charge is 0.301 e. The third-order valence-electron chi connectivity index (χ3n) is 2.69. The zero-order chi connectivity index (χ0) is 13.0. The molecule has 2 heterocycles. The monoisotopic (exact) mass is 261 g/mol. The molecule has 0 amide bonds. The van der Waals surface area contributed by atoms with Gasteiger partial charge in [-0.05, 0) is 24.8 Å². The summed E-state index contributed by atoms with van der Waals surface area (Å²) in [6.07, 6.45) is 4.91. The SMILES string of the molecule is CCc1nc(SC)[nH]c(=O)c1Cc1ccccn1. The van der Waals surface area contributed by atoms with Crippen LogP contribution >= 0.6 is 11.8 Å². The minimum Gasteiger partial charge on any atom is -0.301 e. The van der Waals surface area contributed by atoms with Gasteiger partial charge in [-0.1, -0.05) is 24.8 Å². The van der Waals surface area contributed by atoms with Gasteiger partial charge in [-0.25, -0.2) is 4.98 Å². The fourth-order valence-corrected chi connectivity index (χ4v) is 2.17. The Kier molecular flexibility index (Phi) is 4.15. The van der Waals surface area contributed by atoms with Crippen LogP contribution < -0.4 is 5.56 Å². The lowest BCUT2D eigenvalue weighted by atomic mass is 10.1. The van der Waals surface area contributed by atoms with Crippen molar-refractivity contribution < 1.29 is 0 Å². The number of aryl methyl sites for hydroxylation is 1. The summed E-state index contributed by atoms with van der Waals surface area (Å²) in [5.41, 5.74) is 2.40. The van der Waals surface area contributed by atoms with Gasteiger partial charge in [0, 0.05) is 23.9 Å². The van der Waals surface area contributed by atoms with E-state index >= 15 is 0 Å². The second kappa shape index (κ2) is 5.82. The van der Waals surface area contributed by atoms with Crippen molar-refractivity contribution in [2.75, 3.05) is 6.26 Å². The highest BCUT2D eigenvalue weighted by molar-refractivity contribution is 7.98. The molecule has 18 heavy (non-hydrogen) atoms. The Hall–Kier alpha value is -1.62. The molecule has 5 heteroatoms. The molecule has 94 valence electrons. The molecule has 0 spiro atoms. The molecule has 2 rings (SSSR count). The summed E-state index contributed by atoms with van der Waals surface area (Å²) in [7, 11) is 0. The number of aromatic amines is 1. The predicted octanol–water partition coefficient (Wildman–Crippen LogP) is 2.04. The topological polar surface area (TPSA) is 58.6 Å². The minimum absolute atomic E-state index is 0.0585. The Morgan fingerprint density at radius 2 is 2.22 bits per heavy atom. The van der Waals surface area contributed by atoms with Crippen LogP contribution in [0.3, 0.4) is 0 Å². The molecule has 0 saturated carbocycles. The van der Waals surface area contributed by atoms with Crippen molar-refractivity contribution in [1.82, 2.24) is 15.0 Å². The van der Waals surface area contributed by atoms with Crippen LogP contribution in [0.4, 0.5) is 0 Å². The van der Waals surface area contributed by atoms with Crippen molar-refractivity contribution >= 4 is 11.8 Å². The normalized spacial score (nSPS) is 10.6. The Labute approximate surface area is 110 Å². The first-order valence-electron chi connectivity index (χ1n) is 5.80. The van der Waals surface area contributed by atoms with Crippen molar-refractivity contribution in [3.8, 4) is 0 Å². The molecular weight excluding hydrogens is 246 g/mol. The van der Waals surface area contributed by atoms with E-state index in [-0.39, 0.29) is 5.56 Å². The smallest absolute Gasteiger partial charge is 0.255 e. The van der Waals surface area contributed by atoms with Crippen LogP contribution in [0.2, 0.25) is 0 Å². The number of hydrogen-bond acceptors (Lipinski definition) is 4. The van der Waals surface area contributed by atoms with E-state index in [0.29, 0.717) is 17.1 Å². The average Bonchev–Trinajstić information content (AvgIpc) is 2.42. The molecule has 0 aliphatic heterocycles. The Morgan fingerprint density at radius 3 is 2.83 bits per heavy atom. The van der Waals surface area contributed by atoms with E-state index in [4.69, 9.17) is 0 Å². The first kappa shape index (κ1) is 12.8. The van der Waals surface area contributed by atoms with Crippen molar-refractivity contribution in [2.45, 2.75) is 24.9 Å². The molecule has 2 aromatic rings. The van der Waals surface area contributed by atoms with Gasteiger partial charge < -0.3 is 4.98 Å². The van der Waals surface area contributed by atoms with Gasteiger partial charge in [0.15, 0.2) is 5.16 Å². The number of aromatic nitrogens is 3. The maximum absolute atomic E-state index is 12.0. The third kappa shape index (κ3) is 2.79. The molecule has 0 atom stereocenters. The van der Waals surface area contributed by atoms with Gasteiger partial charge in [-0.15, -0.1) is 0 Å². The summed E-state index contributed by atoms with van der Waals surface area (Å²) in [5, 5.41) is 0.668. The van der Waals surface area contributed by atoms with Gasteiger partial charge >= 0.3 is 0 Å². The molecule has 0 fully saturated rings. The fraction of sp³-hybridized carbons (Fsp3) is 0.308. The third-order valence-corrected chi connectivity index (χ3v) is 3.27. The summed E-state index contributed by atoms with van der Waals surface area (Å²) in [6, 6.07) is 5.71. The van der Waals surface area contributed by atoms with Crippen LogP contribution in [0.5, 0.6) is 0 Å². The summed E-state index contributed by atoms with van der Waals surface area (Å²) >= 11 is 1.45. The number of nitrogens with one attached hydrogen (secondary N) is 1. The van der Waals surface area contributed by atoms with E-state index in [1.165, 1.54) is 11.8 Å². The van der Waals surface area contributed by atoms with Gasteiger partial charge in [0.1, 0.15) is 0 Å². The van der Waals surface area contributed by atoms with E-state index in [1.807, 2.05) is 31.4 Å². The molecule has 0 aliphatic rings. The van der Waals surface area contributed by atoms with Crippen LogP contribution in [0, 0.1) is 0 Å². The number of nitrogens with zero attached hydrogens (tertiary/aromatic N) is 2. The quantitative estimate of drug-likeness (QED) is 0.676. The first-order valence-corrected chi connectivity index (χ1v) is 7.03. The van der Waals surface area contributed by atoms with Crippen molar-refractivity contribution in [3.05, 3.63) is 51.7 Å². The Morgan fingerprint density at radius 1 is 1.39 bits per heavy atom. The molecule has 4 nitrogen and oxygen atoms in total. The second-order valence-electron chi connectivity index (χ2n) is 3.85. The van der Waals surface area contributed by atoms with Gasteiger partial charge in [0.25, 0.3) is 5.56 Å². The van der Waals surface area contributed by atoms with Gasteiger partial charge in [-0.3, -0.25) is 9.78 Å². The highest BCUT2D eigenvalue weighted by Crippen LogP contribution is 2.12. The minimum atomic E-state index is -0.0585. The van der Waals surface area contributed by atoms with E-state index in [1.54, 1.807) is 6.20 Å². The maximum Gasteiger partial charge on any atom is 0.255 e. The maximum atomic E-state index is 12.0. The molecule has 0 aromatic carbocycles. The molecule has 1 N–H and O–H groups in total. The standard InChI is InChI=1S/C13H15N3OS/c1-3-11-10(8-9-6-4-5-7-14-9)12(17)16-13(15-11)18-2/h4-7H,3,8H2,1-2H3,(H,15,16,17). The molecule has 0 aliphatic carbocycles. The number of pyridine rings is 1. The fourth-order valence-electron chi connectivity index (χ4n) is 1.78. The molecule has 0 unspecified atom stereocenters. The zero-order valence-electron chi connectivity index (χ0n) is 10.4. The molecular formula is C13H15N3OS. The molecule has 0 bridgehead atoms. The van der Waals surface area contributed by atoms with Gasteiger partial charge in [0.2, 0.25) is 0 Å². The van der Waals surface area contributed by atoms with Crippen LogP contribution in [-0.4, -0.2) is 21.2 Å². The van der Waals surface area contributed by atoms with Crippen LogP contribution in [0.1, 0.15) is 23.9 Å². The predicted molar refractivity (Wildman–Crippen MR) is 73.1 cm³/mol. The number of H-pyrrole nitrogens is 1. The van der Waals surface area contributed by atoms with Gasteiger partial charge in [0.05, 0.1) is 5.69 Å². The van der Waals surface area contributed by atoms with Gasteiger partial charge in [-0.2, -0.15) is 0 Å². The summed E-state index contributed by atoms with van der Waals surface area (Å²) in [5.74, 6) is 0. The van der Waals surface area contributed by atoms with E-state index < -0.39 is 0 Å². The lowest BCUT2D eigenvalue weighted by Crippen LogP contribution is -2.19. The van der Waals surface area contributed by atoms with Crippen LogP contribution in [0.25, 0.3) is 0 Å². The van der Waals surface area contributed by atoms with Crippen LogP contribution in [0.15, 0.2) is 34.3 Å². The lowest BCUT2D eigenvalue weighted by Gasteiger charge is -2.07. The first-order chi connectivity index (χ1) is 8.74. The zero-order valence-corrected chi connectivity index (χ0v) is 11.3.